The van der Waals surface area contributed by atoms with Crippen LogP contribution in [0.3, 0.4) is 0 Å². The number of nitrogens with two attached hydrogens (primary N) is 2. The van der Waals surface area contributed by atoms with Crippen molar-refractivity contribution in [1.29, 1.82) is 0 Å². The average molecular weight is 759 g/mol. The summed E-state index contributed by atoms with van der Waals surface area (Å²) >= 11 is -2.69. The van der Waals surface area contributed by atoms with Gasteiger partial charge in [0.15, 0.2) is 0 Å². The van der Waals surface area contributed by atoms with Crippen LogP contribution in [0.2, 0.25) is 13.3 Å². The average Bonchev–Trinajstić information content (AvgIpc) is 3.07. The van der Waals surface area contributed by atoms with E-state index in [0.29, 0.717) is 37.8 Å². The van der Waals surface area contributed by atoms with Gasteiger partial charge in [-0.2, -0.15) is 0 Å². The van der Waals surface area contributed by atoms with E-state index in [1.165, 1.54) is 57.0 Å². The van der Waals surface area contributed by atoms with Crippen molar-refractivity contribution in [2.24, 2.45) is 16.7 Å². The number of hydrazone groups is 1. The third-order valence-electron chi connectivity index (χ3n) is 9.02. The standard InChI is InChI=1S/C24H31FN7O2.3C4H9.Sn/c1-19(26)29-32(27)17-21-5-3-2-4-20(21)6-9-24(33)31-13-11-30(12-14-31)18-22-7-8-23(16-28-22)34-15-10-25;3*1-3-4-2;/h2,4-9,16H,10-15,17-18,27H2,1H3,(H2,26,29);3*1,3-4H2,2H3;/b9-6+;;;;. The fraction of sp³-hybridized carbons (Fsp3) is 0.583. The van der Waals surface area contributed by atoms with Crippen molar-refractivity contribution < 1.29 is 13.9 Å². The molecule has 0 unspecified atom stereocenters. The van der Waals surface area contributed by atoms with Gasteiger partial charge in [-0.3, -0.25) is 4.98 Å². The first-order valence-electron chi connectivity index (χ1n) is 17.5. The molecule has 2 aromatic rings. The molecule has 1 fully saturated rings. The Kier molecular flexibility index (Phi) is 17.0. The molecule has 1 aliphatic heterocycles. The van der Waals surface area contributed by atoms with Crippen molar-refractivity contribution in [3.63, 3.8) is 0 Å². The number of unbranched alkanes of at least 4 members (excludes halogenated alkanes) is 3. The molecule has 47 heavy (non-hydrogen) atoms. The molecular formula is C36H58FN7O2Sn. The Morgan fingerprint density at radius 2 is 1.70 bits per heavy atom. The van der Waals surface area contributed by atoms with Crippen LogP contribution >= 0.6 is 0 Å². The van der Waals surface area contributed by atoms with E-state index in [1.54, 1.807) is 22.8 Å². The van der Waals surface area contributed by atoms with Gasteiger partial charge in [-0.25, -0.2) is 4.39 Å². The summed E-state index contributed by atoms with van der Waals surface area (Å²) in [6.45, 7) is 12.1. The van der Waals surface area contributed by atoms with Crippen LogP contribution in [0.5, 0.6) is 5.75 Å². The zero-order valence-corrected chi connectivity index (χ0v) is 32.1. The van der Waals surface area contributed by atoms with E-state index < -0.39 is 25.1 Å². The number of piperazine rings is 1. The Labute approximate surface area is 286 Å². The third kappa shape index (κ3) is 12.7. The van der Waals surface area contributed by atoms with Crippen LogP contribution in [0.1, 0.15) is 83.0 Å². The fourth-order valence-corrected chi connectivity index (χ4v) is 22.4. The van der Waals surface area contributed by atoms with Crippen LogP contribution < -0.4 is 19.9 Å². The Morgan fingerprint density at radius 3 is 2.26 bits per heavy atom. The van der Waals surface area contributed by atoms with E-state index in [-0.39, 0.29) is 12.5 Å². The molecule has 1 aliphatic rings. The number of hydrogen-bond acceptors (Lipinski definition) is 7. The number of ether oxygens (including phenoxy) is 1. The number of benzene rings is 1. The van der Waals surface area contributed by atoms with E-state index in [1.807, 2.05) is 23.1 Å². The fourth-order valence-electron chi connectivity index (χ4n) is 6.37. The van der Waals surface area contributed by atoms with Crippen LogP contribution in [-0.2, 0) is 17.9 Å². The molecular weight excluding hydrogens is 700 g/mol. The van der Waals surface area contributed by atoms with Crippen LogP contribution in [0.4, 0.5) is 4.39 Å². The topological polar surface area (TPSA) is 113 Å². The van der Waals surface area contributed by atoms with Gasteiger partial charge < -0.3 is 4.74 Å². The summed E-state index contributed by atoms with van der Waals surface area (Å²) in [6.07, 6.45) is 12.8. The molecule has 0 bridgehead atoms. The molecule has 0 aliphatic carbocycles. The van der Waals surface area contributed by atoms with Crippen molar-refractivity contribution in [3.05, 3.63) is 59.4 Å². The van der Waals surface area contributed by atoms with Crippen LogP contribution in [0, 0.1) is 0 Å². The van der Waals surface area contributed by atoms with Gasteiger partial charge in [0.05, 0.1) is 11.9 Å². The van der Waals surface area contributed by atoms with Gasteiger partial charge >= 0.3 is 230 Å². The molecule has 11 heteroatoms. The van der Waals surface area contributed by atoms with Gasteiger partial charge in [0.25, 0.3) is 0 Å². The van der Waals surface area contributed by atoms with E-state index >= 15 is 0 Å². The van der Waals surface area contributed by atoms with Crippen LogP contribution in [0.15, 0.2) is 47.7 Å². The molecule has 3 rings (SSSR count). The molecule has 0 radical (unpaired) electrons. The van der Waals surface area contributed by atoms with E-state index in [0.717, 1.165) is 29.9 Å². The number of amides is 1. The number of hydrogen-bond donors (Lipinski definition) is 2. The molecule has 2 heterocycles. The monoisotopic (exact) mass is 759 g/mol. The molecule has 1 aromatic carbocycles. The molecule has 0 spiro atoms. The first kappa shape index (κ1) is 38.7. The second kappa shape index (κ2) is 20.6. The molecule has 0 saturated carbocycles. The number of halogens is 1. The molecule has 1 aromatic heterocycles. The van der Waals surface area contributed by atoms with Crippen molar-refractivity contribution >= 4 is 39.8 Å². The minimum absolute atomic E-state index is 0.00922. The number of aromatic nitrogens is 1. The third-order valence-corrected chi connectivity index (χ3v) is 24.6. The van der Waals surface area contributed by atoms with Crippen molar-refractivity contribution in [2.75, 3.05) is 39.5 Å². The number of hydrazine groups is 1. The number of amidine groups is 1. The van der Waals surface area contributed by atoms with Gasteiger partial charge in [-0.05, 0) is 12.1 Å². The van der Waals surface area contributed by atoms with Crippen molar-refractivity contribution in [2.45, 2.75) is 92.6 Å². The number of carbonyl (C=O) groups is 1. The minimum atomic E-state index is -2.69. The Balaban J connectivity index is 1.75. The number of alkyl halides is 1. The first-order chi connectivity index (χ1) is 22.7. The summed E-state index contributed by atoms with van der Waals surface area (Å²) in [7, 11) is 0. The summed E-state index contributed by atoms with van der Waals surface area (Å²) in [4.78, 5) is 22.0. The van der Waals surface area contributed by atoms with Gasteiger partial charge in [-0.15, -0.1) is 0 Å². The Hall–Kier alpha value is -2.70. The number of pyridine rings is 1. The molecule has 0 atom stereocenters. The molecule has 4 N–H and O–H groups in total. The second-order valence-electron chi connectivity index (χ2n) is 12.8. The Bertz CT molecular complexity index is 1260. The van der Waals surface area contributed by atoms with E-state index in [4.69, 9.17) is 16.3 Å². The van der Waals surface area contributed by atoms with Gasteiger partial charge in [0.1, 0.15) is 19.0 Å². The van der Waals surface area contributed by atoms with E-state index in [2.05, 4.69) is 54.0 Å². The van der Waals surface area contributed by atoms with E-state index in [9.17, 15) is 9.18 Å². The zero-order chi connectivity index (χ0) is 34.1. The maximum absolute atomic E-state index is 13.3. The zero-order valence-electron chi connectivity index (χ0n) is 29.2. The van der Waals surface area contributed by atoms with Gasteiger partial charge in [-0.1, -0.05) is 0 Å². The predicted molar refractivity (Wildman–Crippen MR) is 195 cm³/mol. The second-order valence-corrected chi connectivity index (χ2v) is 26.0. The summed E-state index contributed by atoms with van der Waals surface area (Å²) < 4.78 is 23.3. The summed E-state index contributed by atoms with van der Waals surface area (Å²) in [5, 5.41) is 5.68. The SMILES string of the molecule is CCC[CH2][Sn]([CH2]CCC)([CH2]CCC)[c]1ccc(/C=C/C(=O)N2CCN(Cc3ccc(OCCF)cn3)CC2)c(CN(N)/N=C(/C)N)c1. The molecule has 1 amide bonds. The van der Waals surface area contributed by atoms with Crippen molar-refractivity contribution in [3.8, 4) is 5.75 Å². The molecule has 260 valence electrons. The van der Waals surface area contributed by atoms with Crippen LogP contribution in [0.25, 0.3) is 6.08 Å². The summed E-state index contributed by atoms with van der Waals surface area (Å²) in [5.74, 6) is 7.29. The molecule has 1 saturated heterocycles. The summed E-state index contributed by atoms with van der Waals surface area (Å²) in [6, 6.07) is 10.7. The quantitative estimate of drug-likeness (QED) is 0.0438. The normalized spacial score (nSPS) is 14.6. The summed E-state index contributed by atoms with van der Waals surface area (Å²) in [5.41, 5.74) is 8.86. The predicted octanol–water partition coefficient (Wildman–Crippen LogP) is 5.81. The van der Waals surface area contributed by atoms with Gasteiger partial charge in [0.2, 0.25) is 0 Å². The maximum atomic E-state index is 13.3. The van der Waals surface area contributed by atoms with Crippen molar-refractivity contribution in [1.82, 2.24) is 19.9 Å². The Morgan fingerprint density at radius 1 is 1.04 bits per heavy atom. The molecule has 9 nitrogen and oxygen atoms in total. The van der Waals surface area contributed by atoms with Gasteiger partial charge in [0, 0.05) is 0 Å². The first-order valence-corrected chi connectivity index (χ1v) is 25.0. The number of carbonyl (C=O) groups excluding carboxylic acids is 1. The number of nitrogens with zero attached hydrogens (tertiary/aromatic N) is 5. The van der Waals surface area contributed by atoms with Crippen LogP contribution in [-0.4, -0.2) is 89.5 Å². The number of rotatable bonds is 20.